The van der Waals surface area contributed by atoms with Gasteiger partial charge >= 0.3 is 12.0 Å². The number of nitrogens with zero attached hydrogens (tertiary/aromatic N) is 2. The number of urea groups is 1. The summed E-state index contributed by atoms with van der Waals surface area (Å²) in [5.41, 5.74) is 0. The van der Waals surface area contributed by atoms with E-state index in [2.05, 4.69) is 5.32 Å². The second kappa shape index (κ2) is 6.89. The molecule has 0 bridgehead atoms. The van der Waals surface area contributed by atoms with E-state index in [1.807, 2.05) is 12.2 Å². The summed E-state index contributed by atoms with van der Waals surface area (Å²) < 4.78 is 5.13. The number of rotatable bonds is 4. The molecule has 2 aliphatic heterocycles. The molecule has 0 saturated carbocycles. The molecular weight excluding hydrogens is 342 g/mol. The molecule has 0 aromatic carbocycles. The minimum Gasteiger partial charge on any atom is -0.451 e. The van der Waals surface area contributed by atoms with Gasteiger partial charge in [0.2, 0.25) is 11.8 Å². The summed E-state index contributed by atoms with van der Waals surface area (Å²) in [5.74, 6) is -3.13. The number of nitrogens with one attached hydrogen (secondary N) is 1. The topological polar surface area (TPSA) is 113 Å². The van der Waals surface area contributed by atoms with Crippen molar-refractivity contribution < 1.29 is 28.7 Å². The van der Waals surface area contributed by atoms with Crippen LogP contribution in [0, 0.1) is 11.8 Å². The van der Waals surface area contributed by atoms with E-state index in [0.29, 0.717) is 19.4 Å². The fraction of sp³-hybridized carbons (Fsp3) is 0.588. The predicted molar refractivity (Wildman–Crippen MR) is 87.3 cm³/mol. The number of carbonyl (C=O) groups is 5. The molecule has 0 aromatic rings. The number of ether oxygens (including phenoxy) is 1. The van der Waals surface area contributed by atoms with Gasteiger partial charge in [0.1, 0.15) is 6.04 Å². The van der Waals surface area contributed by atoms with Crippen molar-refractivity contribution in [3.8, 4) is 0 Å². The van der Waals surface area contributed by atoms with E-state index in [1.54, 1.807) is 0 Å². The van der Waals surface area contributed by atoms with Gasteiger partial charge in [-0.15, -0.1) is 0 Å². The molecule has 140 valence electrons. The summed E-state index contributed by atoms with van der Waals surface area (Å²) in [5, 5.41) is 2.49. The van der Waals surface area contributed by atoms with Gasteiger partial charge in [-0.25, -0.2) is 9.59 Å². The third-order valence-corrected chi connectivity index (χ3v) is 5.03. The normalized spacial score (nSPS) is 27.2. The highest BCUT2D eigenvalue weighted by Gasteiger charge is 2.50. The first kappa shape index (κ1) is 18.1. The van der Waals surface area contributed by atoms with Crippen molar-refractivity contribution in [2.75, 3.05) is 13.1 Å². The zero-order valence-corrected chi connectivity index (χ0v) is 14.6. The summed E-state index contributed by atoms with van der Waals surface area (Å²) in [6, 6.07) is -1.66. The first-order valence-corrected chi connectivity index (χ1v) is 8.64. The van der Waals surface area contributed by atoms with E-state index in [-0.39, 0.29) is 18.4 Å². The summed E-state index contributed by atoms with van der Waals surface area (Å²) in [6.07, 6.45) is 3.49. The van der Waals surface area contributed by atoms with Crippen LogP contribution in [0.3, 0.4) is 0 Å². The zero-order chi connectivity index (χ0) is 19.0. The van der Waals surface area contributed by atoms with Crippen LogP contribution in [0.5, 0.6) is 0 Å². The lowest BCUT2D eigenvalue weighted by atomic mass is 9.85. The summed E-state index contributed by atoms with van der Waals surface area (Å²) in [6.45, 7) is 3.31. The van der Waals surface area contributed by atoms with E-state index in [9.17, 15) is 24.0 Å². The van der Waals surface area contributed by atoms with Crippen molar-refractivity contribution in [1.82, 2.24) is 15.1 Å². The van der Waals surface area contributed by atoms with Gasteiger partial charge in [0.25, 0.3) is 5.91 Å². The molecule has 4 atom stereocenters. The maximum atomic E-state index is 12.5. The lowest BCUT2D eigenvalue weighted by Gasteiger charge is -2.24. The lowest BCUT2D eigenvalue weighted by Crippen LogP contribution is -2.47. The Morgan fingerprint density at radius 2 is 1.69 bits per heavy atom. The SMILES string of the molecule is C[C@H](OC(=O)[C@H](C)N1C(=O)[C@H]2CC=CC[C@H]2C1=O)C(=O)N1CCNC1=O. The minimum atomic E-state index is -1.19. The molecular formula is C17H21N3O6. The van der Waals surface area contributed by atoms with E-state index in [0.717, 1.165) is 9.80 Å². The zero-order valence-electron chi connectivity index (χ0n) is 14.6. The standard InChI is InChI=1S/C17H21N3O6/c1-9(20-14(22)11-5-3-4-6-12(11)15(20)23)16(24)26-10(2)13(21)19-8-7-18-17(19)25/h3-4,9-12H,5-8H2,1-2H3,(H,18,25)/t9-,10-,11-,12+/m0/s1. The minimum absolute atomic E-state index is 0.203. The number of hydrogen-bond donors (Lipinski definition) is 1. The molecule has 2 fully saturated rings. The molecule has 1 N–H and O–H groups in total. The van der Waals surface area contributed by atoms with Crippen LogP contribution < -0.4 is 5.32 Å². The Kier molecular flexibility index (Phi) is 4.80. The van der Waals surface area contributed by atoms with Gasteiger partial charge < -0.3 is 10.1 Å². The van der Waals surface area contributed by atoms with Crippen LogP contribution in [0.15, 0.2) is 12.2 Å². The summed E-state index contributed by atoms with van der Waals surface area (Å²) >= 11 is 0. The van der Waals surface area contributed by atoms with E-state index in [1.165, 1.54) is 13.8 Å². The van der Waals surface area contributed by atoms with Crippen molar-refractivity contribution in [3.63, 3.8) is 0 Å². The highest BCUT2D eigenvalue weighted by atomic mass is 16.5. The highest BCUT2D eigenvalue weighted by molar-refractivity contribution is 6.08. The Morgan fingerprint density at radius 1 is 1.12 bits per heavy atom. The number of fused-ring (bicyclic) bond motifs is 1. The molecule has 2 saturated heterocycles. The van der Waals surface area contributed by atoms with Crippen LogP contribution in [0.1, 0.15) is 26.7 Å². The van der Waals surface area contributed by atoms with Gasteiger partial charge in [-0.1, -0.05) is 12.2 Å². The first-order chi connectivity index (χ1) is 12.3. The Balaban J connectivity index is 1.64. The quantitative estimate of drug-likeness (QED) is 0.421. The van der Waals surface area contributed by atoms with Crippen molar-refractivity contribution in [3.05, 3.63) is 12.2 Å². The molecule has 9 nitrogen and oxygen atoms in total. The van der Waals surface area contributed by atoms with Crippen LogP contribution in [-0.4, -0.2) is 64.8 Å². The van der Waals surface area contributed by atoms with E-state index in [4.69, 9.17) is 4.74 Å². The number of imide groups is 2. The Labute approximate surface area is 150 Å². The van der Waals surface area contributed by atoms with Gasteiger partial charge in [0.15, 0.2) is 6.10 Å². The second-order valence-corrected chi connectivity index (χ2v) is 6.68. The third kappa shape index (κ3) is 2.97. The van der Waals surface area contributed by atoms with Gasteiger partial charge in [0, 0.05) is 13.1 Å². The Morgan fingerprint density at radius 3 is 2.19 bits per heavy atom. The fourth-order valence-corrected chi connectivity index (χ4v) is 3.54. The average molecular weight is 363 g/mol. The maximum Gasteiger partial charge on any atom is 0.329 e. The molecule has 26 heavy (non-hydrogen) atoms. The van der Waals surface area contributed by atoms with E-state index < -0.39 is 41.9 Å². The molecule has 0 unspecified atom stereocenters. The summed E-state index contributed by atoms with van der Waals surface area (Å²) in [4.78, 5) is 63.0. The Hall–Kier alpha value is -2.71. The molecule has 3 aliphatic rings. The highest BCUT2D eigenvalue weighted by Crippen LogP contribution is 2.36. The van der Waals surface area contributed by atoms with Crippen LogP contribution >= 0.6 is 0 Å². The molecule has 2 heterocycles. The number of carbonyl (C=O) groups excluding carboxylic acids is 5. The van der Waals surface area contributed by atoms with E-state index >= 15 is 0 Å². The Bertz CT molecular complexity index is 677. The van der Waals surface area contributed by atoms with Crippen molar-refractivity contribution in [2.24, 2.45) is 11.8 Å². The average Bonchev–Trinajstić information content (AvgIpc) is 3.16. The maximum absolute atomic E-state index is 12.5. The van der Waals surface area contributed by atoms with Crippen LogP contribution in [0.2, 0.25) is 0 Å². The number of likely N-dealkylation sites (tertiary alicyclic amines) is 1. The monoisotopic (exact) mass is 363 g/mol. The van der Waals surface area contributed by atoms with Crippen molar-refractivity contribution in [2.45, 2.75) is 38.8 Å². The summed E-state index contributed by atoms with van der Waals surface area (Å²) in [7, 11) is 0. The van der Waals surface area contributed by atoms with Crippen LogP contribution in [0.4, 0.5) is 4.79 Å². The van der Waals surface area contributed by atoms with Gasteiger partial charge in [-0.05, 0) is 26.7 Å². The van der Waals surface area contributed by atoms with Crippen LogP contribution in [0.25, 0.3) is 0 Å². The molecule has 9 heteroatoms. The number of amides is 5. The van der Waals surface area contributed by atoms with Crippen LogP contribution in [-0.2, 0) is 23.9 Å². The molecule has 0 spiro atoms. The largest absolute Gasteiger partial charge is 0.451 e. The van der Waals surface area contributed by atoms with Gasteiger partial charge in [-0.3, -0.25) is 24.2 Å². The molecule has 0 aromatic heterocycles. The number of esters is 1. The predicted octanol–water partition coefficient (Wildman–Crippen LogP) is -0.190. The van der Waals surface area contributed by atoms with Gasteiger partial charge in [-0.2, -0.15) is 0 Å². The number of hydrogen-bond acceptors (Lipinski definition) is 6. The first-order valence-electron chi connectivity index (χ1n) is 8.64. The number of allylic oxidation sites excluding steroid dienone is 2. The fourth-order valence-electron chi connectivity index (χ4n) is 3.54. The molecule has 3 rings (SSSR count). The lowest BCUT2D eigenvalue weighted by molar-refractivity contribution is -0.165. The second-order valence-electron chi connectivity index (χ2n) is 6.68. The molecule has 0 radical (unpaired) electrons. The van der Waals surface area contributed by atoms with Gasteiger partial charge in [0.05, 0.1) is 11.8 Å². The third-order valence-electron chi connectivity index (χ3n) is 5.03. The van der Waals surface area contributed by atoms with Crippen molar-refractivity contribution >= 4 is 29.7 Å². The molecule has 1 aliphatic carbocycles. The van der Waals surface area contributed by atoms with Crippen molar-refractivity contribution in [1.29, 1.82) is 0 Å². The smallest absolute Gasteiger partial charge is 0.329 e. The molecule has 5 amide bonds.